The minimum atomic E-state index is -0.134. The van der Waals surface area contributed by atoms with Crippen LogP contribution in [0.3, 0.4) is 0 Å². The number of hydrogen-bond acceptors (Lipinski definition) is 4. The smallest absolute Gasteiger partial charge is 0.204 e. The van der Waals surface area contributed by atoms with E-state index in [-0.39, 0.29) is 10.8 Å². The molecule has 0 saturated carbocycles. The Morgan fingerprint density at radius 1 is 1.29 bits per heavy atom. The molecule has 98 valence electrons. The summed E-state index contributed by atoms with van der Waals surface area (Å²) in [5.41, 5.74) is 6.97. The fourth-order valence-corrected chi connectivity index (χ4v) is 1.87. The van der Waals surface area contributed by atoms with Crippen LogP contribution < -0.4 is 16.5 Å². The lowest BCUT2D eigenvalue weighted by molar-refractivity contribution is 0.581. The van der Waals surface area contributed by atoms with Crippen LogP contribution in [-0.4, -0.2) is 13.1 Å². The second-order valence-electron chi connectivity index (χ2n) is 4.73. The zero-order valence-corrected chi connectivity index (χ0v) is 12.3. The van der Waals surface area contributed by atoms with Crippen molar-refractivity contribution in [2.24, 2.45) is 5.73 Å². The van der Waals surface area contributed by atoms with Gasteiger partial charge in [0.15, 0.2) is 0 Å². The lowest BCUT2D eigenvalue weighted by Crippen LogP contribution is -2.31. The molecule has 0 fully saturated rings. The van der Waals surface area contributed by atoms with Crippen molar-refractivity contribution in [2.45, 2.75) is 46.5 Å². The number of hydrogen-bond donors (Lipinski definition) is 2. The van der Waals surface area contributed by atoms with Crippen LogP contribution in [0.1, 0.15) is 46.6 Å². The van der Waals surface area contributed by atoms with Gasteiger partial charge in [0, 0.05) is 12.1 Å². The van der Waals surface area contributed by atoms with Gasteiger partial charge in [-0.3, -0.25) is 4.79 Å². The summed E-state index contributed by atoms with van der Waals surface area (Å²) in [6.07, 6.45) is 0.887. The van der Waals surface area contributed by atoms with Crippen molar-refractivity contribution in [3.05, 3.63) is 20.3 Å². The Balaban J connectivity index is 0.00000121. The second-order valence-corrected chi connectivity index (χ2v) is 5.14. The first-order chi connectivity index (χ1) is 7.89. The van der Waals surface area contributed by atoms with Gasteiger partial charge in [-0.15, -0.1) is 0 Å². The Labute approximate surface area is 109 Å². The first-order valence-electron chi connectivity index (χ1n) is 6.17. The summed E-state index contributed by atoms with van der Waals surface area (Å²) in [5, 5.41) is 3.19. The third kappa shape index (κ3) is 3.89. The highest BCUT2D eigenvalue weighted by Crippen LogP contribution is 2.30. The summed E-state index contributed by atoms with van der Waals surface area (Å²) >= 11 is 5.02. The van der Waals surface area contributed by atoms with Gasteiger partial charge in [0.25, 0.3) is 0 Å². The molecule has 0 aliphatic carbocycles. The molecule has 1 aromatic carbocycles. The Morgan fingerprint density at radius 3 is 2.24 bits per heavy atom. The molecule has 0 heterocycles. The highest BCUT2D eigenvalue weighted by molar-refractivity contribution is 7.71. The summed E-state index contributed by atoms with van der Waals surface area (Å²) < 4.78 is 0.442. The third-order valence-electron chi connectivity index (χ3n) is 2.34. The summed E-state index contributed by atoms with van der Waals surface area (Å²) in [6, 6.07) is 0. The van der Waals surface area contributed by atoms with Gasteiger partial charge in [-0.1, -0.05) is 46.8 Å². The van der Waals surface area contributed by atoms with Crippen LogP contribution in [0.15, 0.2) is 4.79 Å². The van der Waals surface area contributed by atoms with Crippen molar-refractivity contribution < 1.29 is 0 Å². The topological polar surface area (TPSA) is 55.1 Å². The maximum absolute atomic E-state index is 11.6. The van der Waals surface area contributed by atoms with Crippen LogP contribution in [0.25, 0.3) is 0 Å². The van der Waals surface area contributed by atoms with Gasteiger partial charge >= 0.3 is 0 Å². The van der Waals surface area contributed by atoms with Crippen molar-refractivity contribution in [3.8, 4) is 0 Å². The molecule has 0 unspecified atom stereocenters. The van der Waals surface area contributed by atoms with Crippen LogP contribution in [0.4, 0.5) is 5.69 Å². The molecule has 3 N–H and O–H groups in total. The van der Waals surface area contributed by atoms with Gasteiger partial charge in [-0.05, 0) is 18.4 Å². The van der Waals surface area contributed by atoms with Gasteiger partial charge in [-0.25, -0.2) is 0 Å². The van der Waals surface area contributed by atoms with Crippen molar-refractivity contribution in [2.75, 3.05) is 18.4 Å². The Morgan fingerprint density at radius 2 is 1.82 bits per heavy atom. The predicted octanol–water partition coefficient (Wildman–Crippen LogP) is 2.74. The number of rotatable bonds is 4. The maximum Gasteiger partial charge on any atom is 0.204 e. The van der Waals surface area contributed by atoms with Crippen molar-refractivity contribution >= 4 is 17.9 Å². The Kier molecular flexibility index (Phi) is 6.57. The van der Waals surface area contributed by atoms with Crippen LogP contribution >= 0.6 is 12.2 Å². The van der Waals surface area contributed by atoms with E-state index in [4.69, 9.17) is 18.0 Å². The SMILES string of the molecule is CC.CC(C)(C)c1c(NCCCN)c(=S)c1=O. The molecule has 3 nitrogen and oxygen atoms in total. The first-order valence-corrected chi connectivity index (χ1v) is 6.58. The van der Waals surface area contributed by atoms with Gasteiger partial charge in [-0.2, -0.15) is 0 Å². The minimum absolute atomic E-state index is 0.0211. The van der Waals surface area contributed by atoms with E-state index in [2.05, 4.69) is 5.32 Å². The standard InChI is InChI=1S/C11H18N2OS.C2H6/c1-11(2,3)7-8(10(15)9(7)14)13-6-4-5-12;1-2/h13H,4-6,12H2,1-3H3;1-2H3. The molecule has 0 aliphatic heterocycles. The molecule has 17 heavy (non-hydrogen) atoms. The van der Waals surface area contributed by atoms with E-state index in [1.807, 2.05) is 34.6 Å². The van der Waals surface area contributed by atoms with E-state index in [1.54, 1.807) is 0 Å². The highest BCUT2D eigenvalue weighted by atomic mass is 32.1. The summed E-state index contributed by atoms with van der Waals surface area (Å²) in [6.45, 7) is 11.5. The normalized spacial score (nSPS) is 10.9. The largest absolute Gasteiger partial charge is 0.383 e. The van der Waals surface area contributed by atoms with E-state index in [0.29, 0.717) is 11.1 Å². The summed E-state index contributed by atoms with van der Waals surface area (Å²) in [5.74, 6) is 0. The minimum Gasteiger partial charge on any atom is -0.383 e. The molecule has 0 bridgehead atoms. The predicted molar refractivity (Wildman–Crippen MR) is 78.1 cm³/mol. The molecule has 0 saturated heterocycles. The van der Waals surface area contributed by atoms with Gasteiger partial charge in [0.1, 0.15) is 4.51 Å². The third-order valence-corrected chi connectivity index (χ3v) is 2.73. The second kappa shape index (κ2) is 6.87. The fraction of sp³-hybridized carbons (Fsp3) is 0.692. The lowest BCUT2D eigenvalue weighted by atomic mass is 9.82. The number of anilines is 1. The summed E-state index contributed by atoms with van der Waals surface area (Å²) in [4.78, 5) is 11.6. The number of nitrogens with one attached hydrogen (secondary N) is 1. The van der Waals surface area contributed by atoms with Crippen LogP contribution in [0.5, 0.6) is 0 Å². The van der Waals surface area contributed by atoms with E-state index in [0.717, 1.165) is 24.2 Å². The monoisotopic (exact) mass is 256 g/mol. The molecule has 0 atom stereocenters. The molecule has 0 aliphatic rings. The molecule has 0 aromatic heterocycles. The fourth-order valence-electron chi connectivity index (χ4n) is 1.59. The van der Waals surface area contributed by atoms with E-state index < -0.39 is 0 Å². The van der Waals surface area contributed by atoms with Crippen molar-refractivity contribution in [1.82, 2.24) is 0 Å². The van der Waals surface area contributed by atoms with Gasteiger partial charge < -0.3 is 11.1 Å². The lowest BCUT2D eigenvalue weighted by Gasteiger charge is -2.25. The average molecular weight is 256 g/mol. The molecule has 0 radical (unpaired) electrons. The molecule has 1 rings (SSSR count). The quantitative estimate of drug-likeness (QED) is 0.642. The van der Waals surface area contributed by atoms with Crippen molar-refractivity contribution in [3.63, 3.8) is 0 Å². The number of nitrogens with two attached hydrogens (primary N) is 1. The first kappa shape index (κ1) is 16.3. The van der Waals surface area contributed by atoms with E-state index in [9.17, 15) is 4.79 Å². The summed E-state index contributed by atoms with van der Waals surface area (Å²) in [7, 11) is 0. The van der Waals surface area contributed by atoms with Crippen molar-refractivity contribution in [1.29, 1.82) is 0 Å². The molecule has 4 heteroatoms. The molecule has 1 aromatic rings. The van der Waals surface area contributed by atoms with Crippen LogP contribution in [0, 0.1) is 4.51 Å². The zero-order valence-electron chi connectivity index (χ0n) is 11.5. The Bertz CT molecular complexity index is 411. The Hall–Kier alpha value is -0.740. The highest BCUT2D eigenvalue weighted by Gasteiger charge is 2.27. The van der Waals surface area contributed by atoms with Gasteiger partial charge in [0.05, 0.1) is 5.69 Å². The van der Waals surface area contributed by atoms with E-state index >= 15 is 0 Å². The molecule has 0 spiro atoms. The van der Waals surface area contributed by atoms with Crippen LogP contribution in [-0.2, 0) is 5.41 Å². The van der Waals surface area contributed by atoms with E-state index in [1.165, 1.54) is 0 Å². The zero-order chi connectivity index (χ0) is 13.6. The molecule has 0 amide bonds. The molecular weight excluding hydrogens is 232 g/mol. The van der Waals surface area contributed by atoms with Gasteiger partial charge in [0.2, 0.25) is 5.43 Å². The van der Waals surface area contributed by atoms with Crippen LogP contribution in [0.2, 0.25) is 0 Å². The average Bonchev–Trinajstić information content (AvgIpc) is 2.28. The maximum atomic E-state index is 11.6. The molecular formula is C13H24N2OS.